The van der Waals surface area contributed by atoms with Gasteiger partial charge in [0.2, 0.25) is 0 Å². The number of nitrogen functional groups attached to an aromatic ring is 1. The first-order valence-electron chi connectivity index (χ1n) is 8.53. The minimum Gasteiger partial charge on any atom is -0.398 e. The summed E-state index contributed by atoms with van der Waals surface area (Å²) < 4.78 is 0. The Morgan fingerprint density at radius 2 is 2.16 bits per heavy atom. The van der Waals surface area contributed by atoms with Crippen molar-refractivity contribution in [3.05, 3.63) is 70.8 Å². The van der Waals surface area contributed by atoms with Crippen LogP contribution >= 0.6 is 0 Å². The average Bonchev–Trinajstić information content (AvgIpc) is 2.63. The maximum Gasteiger partial charge on any atom is 0.0991 e. The number of nitriles is 1. The molecule has 126 valence electrons. The molecule has 0 amide bonds. The van der Waals surface area contributed by atoms with E-state index in [1.807, 2.05) is 43.3 Å². The van der Waals surface area contributed by atoms with Crippen molar-refractivity contribution in [3.8, 4) is 6.07 Å². The molecule has 0 saturated carbocycles. The maximum atomic E-state index is 9.09. The normalized spacial score (nSPS) is 16.2. The highest BCUT2D eigenvalue weighted by atomic mass is 14.9. The largest absolute Gasteiger partial charge is 0.398 e. The number of hydrogen-bond acceptors (Lipinski definition) is 4. The van der Waals surface area contributed by atoms with Gasteiger partial charge in [0.25, 0.3) is 0 Å². The van der Waals surface area contributed by atoms with Gasteiger partial charge in [0.15, 0.2) is 0 Å². The van der Waals surface area contributed by atoms with Gasteiger partial charge in [-0.25, -0.2) is 0 Å². The van der Waals surface area contributed by atoms with Crippen molar-refractivity contribution in [2.45, 2.75) is 32.2 Å². The molecule has 0 aromatic heterocycles. The quantitative estimate of drug-likeness (QED) is 0.567. The second kappa shape index (κ2) is 7.23. The Morgan fingerprint density at radius 3 is 2.92 bits per heavy atom. The van der Waals surface area contributed by atoms with Gasteiger partial charge < -0.3 is 16.5 Å². The van der Waals surface area contributed by atoms with E-state index in [1.54, 1.807) is 6.08 Å². The summed E-state index contributed by atoms with van der Waals surface area (Å²) in [5, 5.41) is 20.8. The summed E-state index contributed by atoms with van der Waals surface area (Å²) in [6, 6.07) is 14.1. The van der Waals surface area contributed by atoms with E-state index in [9.17, 15) is 0 Å². The van der Waals surface area contributed by atoms with Crippen LogP contribution in [0.2, 0.25) is 0 Å². The Kier molecular flexibility index (Phi) is 4.85. The molecule has 0 fully saturated rings. The molecule has 1 aliphatic carbocycles. The number of nitrogens with zero attached hydrogens (tertiary/aromatic N) is 1. The highest BCUT2D eigenvalue weighted by Crippen LogP contribution is 2.33. The highest BCUT2D eigenvalue weighted by molar-refractivity contribution is 6.10. The Bertz CT molecular complexity index is 874. The van der Waals surface area contributed by atoms with Gasteiger partial charge in [-0.3, -0.25) is 0 Å². The molecule has 3 rings (SSSR count). The molecular formula is C21H22N4. The second-order valence-electron chi connectivity index (χ2n) is 6.33. The molecule has 1 atom stereocenters. The van der Waals surface area contributed by atoms with E-state index < -0.39 is 0 Å². The van der Waals surface area contributed by atoms with E-state index in [-0.39, 0.29) is 6.04 Å². The SMILES string of the molecule is C/C=C\C(=N)c1cc(NC2CCCc3cc(C#N)ccc32)ccc1N. The van der Waals surface area contributed by atoms with Crippen LogP contribution in [-0.4, -0.2) is 5.71 Å². The van der Waals surface area contributed by atoms with Gasteiger partial charge in [-0.15, -0.1) is 0 Å². The van der Waals surface area contributed by atoms with Crippen molar-refractivity contribution >= 4 is 17.1 Å². The van der Waals surface area contributed by atoms with Crippen LogP contribution in [-0.2, 0) is 6.42 Å². The Hall–Kier alpha value is -3.06. The summed E-state index contributed by atoms with van der Waals surface area (Å²) in [6.45, 7) is 1.89. The van der Waals surface area contributed by atoms with E-state index >= 15 is 0 Å². The lowest BCUT2D eigenvalue weighted by molar-refractivity contribution is 0.600. The molecule has 1 aliphatic rings. The van der Waals surface area contributed by atoms with Crippen LogP contribution < -0.4 is 11.1 Å². The fourth-order valence-corrected chi connectivity index (χ4v) is 3.37. The van der Waals surface area contributed by atoms with Gasteiger partial charge in [-0.1, -0.05) is 12.1 Å². The topological polar surface area (TPSA) is 85.7 Å². The standard InChI is InChI=1S/C21H22N4/c1-2-4-19(23)18-12-16(8-10-20(18)24)25-21-6-3-5-15-11-14(13-22)7-9-17(15)21/h2,4,7-12,21,23,25H,3,5-6,24H2,1H3/b4-2-,23-19?. The van der Waals surface area contributed by atoms with Crippen molar-refractivity contribution in [1.82, 2.24) is 0 Å². The third kappa shape index (κ3) is 3.56. The van der Waals surface area contributed by atoms with E-state index in [0.717, 1.165) is 30.5 Å². The van der Waals surface area contributed by atoms with Crippen molar-refractivity contribution in [2.24, 2.45) is 0 Å². The Balaban J connectivity index is 1.88. The highest BCUT2D eigenvalue weighted by Gasteiger charge is 2.20. The fourth-order valence-electron chi connectivity index (χ4n) is 3.37. The first kappa shape index (κ1) is 16.8. The molecule has 4 nitrogen and oxygen atoms in total. The van der Waals surface area contributed by atoms with Gasteiger partial charge in [-0.05, 0) is 73.7 Å². The number of anilines is 2. The molecule has 25 heavy (non-hydrogen) atoms. The van der Waals surface area contributed by atoms with Crippen molar-refractivity contribution in [1.29, 1.82) is 10.7 Å². The van der Waals surface area contributed by atoms with Gasteiger partial charge in [0.1, 0.15) is 0 Å². The number of benzene rings is 2. The van der Waals surface area contributed by atoms with Gasteiger partial charge in [0.05, 0.1) is 23.4 Å². The first-order chi connectivity index (χ1) is 12.1. The average molecular weight is 330 g/mol. The summed E-state index contributed by atoms with van der Waals surface area (Å²) in [6.07, 6.45) is 6.74. The van der Waals surface area contributed by atoms with Crippen molar-refractivity contribution < 1.29 is 0 Å². The lowest BCUT2D eigenvalue weighted by Crippen LogP contribution is -2.18. The van der Waals surface area contributed by atoms with Crippen LogP contribution in [0.3, 0.4) is 0 Å². The van der Waals surface area contributed by atoms with Crippen molar-refractivity contribution in [3.63, 3.8) is 0 Å². The predicted octanol–water partition coefficient (Wildman–Crippen LogP) is 4.57. The molecule has 4 heteroatoms. The zero-order valence-electron chi connectivity index (χ0n) is 14.3. The summed E-state index contributed by atoms with van der Waals surface area (Å²) >= 11 is 0. The van der Waals surface area contributed by atoms with Crippen molar-refractivity contribution in [2.75, 3.05) is 11.1 Å². The molecule has 0 bridgehead atoms. The summed E-state index contributed by atoms with van der Waals surface area (Å²) in [5.74, 6) is 0. The third-order valence-electron chi connectivity index (χ3n) is 4.60. The number of nitrogens with two attached hydrogens (primary N) is 1. The molecule has 4 N–H and O–H groups in total. The second-order valence-corrected chi connectivity index (χ2v) is 6.33. The Morgan fingerprint density at radius 1 is 1.32 bits per heavy atom. The zero-order valence-corrected chi connectivity index (χ0v) is 14.3. The van der Waals surface area contributed by atoms with E-state index in [4.69, 9.17) is 16.4 Å². The molecule has 2 aromatic carbocycles. The van der Waals surface area contributed by atoms with Crippen LogP contribution in [0.4, 0.5) is 11.4 Å². The number of aryl methyl sites for hydroxylation is 1. The number of fused-ring (bicyclic) bond motifs is 1. The summed E-state index contributed by atoms with van der Waals surface area (Å²) in [5.41, 5.74) is 12.0. The molecule has 0 spiro atoms. The number of rotatable bonds is 4. The molecule has 0 radical (unpaired) electrons. The predicted molar refractivity (Wildman–Crippen MR) is 103 cm³/mol. The maximum absolute atomic E-state index is 9.09. The lowest BCUT2D eigenvalue weighted by Gasteiger charge is -2.27. The van der Waals surface area contributed by atoms with Gasteiger partial charge in [0, 0.05) is 16.9 Å². The van der Waals surface area contributed by atoms with E-state index in [2.05, 4.69) is 17.5 Å². The third-order valence-corrected chi connectivity index (χ3v) is 4.60. The lowest BCUT2D eigenvalue weighted by atomic mass is 9.86. The smallest absolute Gasteiger partial charge is 0.0991 e. The van der Waals surface area contributed by atoms with E-state index in [0.29, 0.717) is 17.0 Å². The van der Waals surface area contributed by atoms with Gasteiger partial charge >= 0.3 is 0 Å². The van der Waals surface area contributed by atoms with Crippen LogP contribution in [0.25, 0.3) is 0 Å². The molecule has 0 saturated heterocycles. The van der Waals surface area contributed by atoms with E-state index in [1.165, 1.54) is 11.1 Å². The fraction of sp³-hybridized carbons (Fsp3) is 0.238. The monoisotopic (exact) mass is 330 g/mol. The molecule has 0 aliphatic heterocycles. The molecule has 1 unspecified atom stereocenters. The molecule has 0 heterocycles. The number of allylic oxidation sites excluding steroid dienone is 2. The number of hydrogen-bond donors (Lipinski definition) is 3. The Labute approximate surface area is 148 Å². The van der Waals surface area contributed by atoms with Gasteiger partial charge in [-0.2, -0.15) is 5.26 Å². The molecular weight excluding hydrogens is 308 g/mol. The van der Waals surface area contributed by atoms with Crippen LogP contribution in [0.15, 0.2) is 48.6 Å². The van der Waals surface area contributed by atoms with Crippen LogP contribution in [0, 0.1) is 16.7 Å². The minimum atomic E-state index is 0.212. The minimum absolute atomic E-state index is 0.212. The van der Waals surface area contributed by atoms with Crippen LogP contribution in [0.1, 0.15) is 48.1 Å². The zero-order chi connectivity index (χ0) is 17.8. The summed E-state index contributed by atoms with van der Waals surface area (Å²) in [4.78, 5) is 0. The summed E-state index contributed by atoms with van der Waals surface area (Å²) in [7, 11) is 0. The number of nitrogens with one attached hydrogen (secondary N) is 2. The molecule has 2 aromatic rings. The van der Waals surface area contributed by atoms with Crippen LogP contribution in [0.5, 0.6) is 0 Å². The first-order valence-corrected chi connectivity index (χ1v) is 8.53.